The molecule has 0 aliphatic heterocycles. The minimum Gasteiger partial charge on any atom is -0.241 e. The van der Waals surface area contributed by atoms with Crippen molar-refractivity contribution in [3.8, 4) is 16.5 Å². The van der Waals surface area contributed by atoms with Gasteiger partial charge in [-0.15, -0.1) is 22.7 Å². The summed E-state index contributed by atoms with van der Waals surface area (Å²) in [4.78, 5) is 6.47. The molecule has 2 heterocycles. The van der Waals surface area contributed by atoms with Crippen molar-refractivity contribution in [2.24, 2.45) is 0 Å². The van der Waals surface area contributed by atoms with Gasteiger partial charge in [-0.05, 0) is 31.2 Å². The predicted molar refractivity (Wildman–Crippen MR) is 95.1 cm³/mol. The first-order valence-corrected chi connectivity index (χ1v) is 8.64. The number of halogens is 1. The van der Waals surface area contributed by atoms with Crippen LogP contribution in [0.4, 0.5) is 0 Å². The van der Waals surface area contributed by atoms with Gasteiger partial charge in [0.2, 0.25) is 0 Å². The Morgan fingerprint density at radius 2 is 2.09 bits per heavy atom. The van der Waals surface area contributed by atoms with Crippen LogP contribution in [0.3, 0.4) is 0 Å². The first-order chi connectivity index (χ1) is 10.7. The Morgan fingerprint density at radius 3 is 2.77 bits per heavy atom. The van der Waals surface area contributed by atoms with Crippen LogP contribution in [-0.2, 0) is 0 Å². The highest BCUT2D eigenvalue weighted by Gasteiger charge is 2.09. The molecule has 0 radical (unpaired) electrons. The van der Waals surface area contributed by atoms with Crippen molar-refractivity contribution in [1.82, 2.24) is 4.98 Å². The highest BCUT2D eigenvalue weighted by Crippen LogP contribution is 2.34. The molecule has 5 heteroatoms. The van der Waals surface area contributed by atoms with E-state index in [1.807, 2.05) is 54.8 Å². The Bertz CT molecular complexity index is 884. The van der Waals surface area contributed by atoms with Crippen molar-refractivity contribution < 1.29 is 0 Å². The van der Waals surface area contributed by atoms with Crippen LogP contribution in [0.1, 0.15) is 15.6 Å². The maximum absolute atomic E-state index is 9.35. The van der Waals surface area contributed by atoms with Gasteiger partial charge in [0.15, 0.2) is 0 Å². The monoisotopic (exact) mass is 342 g/mol. The van der Waals surface area contributed by atoms with Crippen molar-refractivity contribution in [3.05, 3.63) is 62.4 Å². The van der Waals surface area contributed by atoms with Crippen LogP contribution in [0.5, 0.6) is 0 Å². The van der Waals surface area contributed by atoms with Crippen molar-refractivity contribution in [2.45, 2.75) is 6.92 Å². The molecule has 0 amide bonds. The third-order valence-electron chi connectivity index (χ3n) is 3.02. The molecule has 0 saturated heterocycles. The molecule has 0 fully saturated rings. The van der Waals surface area contributed by atoms with Crippen LogP contribution in [0.2, 0.25) is 5.02 Å². The number of rotatable bonds is 3. The topological polar surface area (TPSA) is 36.7 Å². The number of aryl methyl sites for hydroxylation is 1. The van der Waals surface area contributed by atoms with E-state index in [0.717, 1.165) is 31.0 Å². The second-order valence-corrected chi connectivity index (χ2v) is 7.03. The maximum atomic E-state index is 9.35. The van der Waals surface area contributed by atoms with E-state index in [9.17, 15) is 5.26 Å². The zero-order chi connectivity index (χ0) is 15.5. The van der Waals surface area contributed by atoms with Gasteiger partial charge in [-0.3, -0.25) is 0 Å². The lowest BCUT2D eigenvalue weighted by Gasteiger charge is -1.99. The summed E-state index contributed by atoms with van der Waals surface area (Å²) in [5.41, 5.74) is 2.53. The fourth-order valence-corrected chi connectivity index (χ4v) is 4.05. The molecule has 2 nitrogen and oxygen atoms in total. The number of hydrogen-bond acceptors (Lipinski definition) is 4. The van der Waals surface area contributed by atoms with Crippen molar-refractivity contribution in [1.29, 1.82) is 5.26 Å². The molecule has 0 aliphatic carbocycles. The van der Waals surface area contributed by atoms with Gasteiger partial charge in [-0.1, -0.05) is 29.8 Å². The van der Waals surface area contributed by atoms with Crippen LogP contribution >= 0.6 is 34.3 Å². The lowest BCUT2D eigenvalue weighted by atomic mass is 10.2. The predicted octanol–water partition coefficient (Wildman–Crippen LogP) is 5.90. The van der Waals surface area contributed by atoms with E-state index in [1.54, 1.807) is 11.3 Å². The summed E-state index contributed by atoms with van der Waals surface area (Å²) < 4.78 is 0. The number of nitrogens with zero attached hydrogens (tertiary/aromatic N) is 2. The zero-order valence-corrected chi connectivity index (χ0v) is 14.1. The van der Waals surface area contributed by atoms with Gasteiger partial charge in [0.1, 0.15) is 11.1 Å². The minimum absolute atomic E-state index is 0.589. The number of thiophene rings is 1. The van der Waals surface area contributed by atoms with Gasteiger partial charge in [-0.2, -0.15) is 5.26 Å². The highest BCUT2D eigenvalue weighted by molar-refractivity contribution is 7.16. The second kappa shape index (κ2) is 6.45. The van der Waals surface area contributed by atoms with Gasteiger partial charge in [-0.25, -0.2) is 4.98 Å². The molecule has 0 atom stereocenters. The van der Waals surface area contributed by atoms with Gasteiger partial charge in [0.05, 0.1) is 5.57 Å². The summed E-state index contributed by atoms with van der Waals surface area (Å²) in [6.07, 6.45) is 1.88. The van der Waals surface area contributed by atoms with Gasteiger partial charge in [0.25, 0.3) is 0 Å². The van der Waals surface area contributed by atoms with E-state index in [1.165, 1.54) is 11.3 Å². The quantitative estimate of drug-likeness (QED) is 0.556. The van der Waals surface area contributed by atoms with Crippen LogP contribution < -0.4 is 0 Å². The average molecular weight is 343 g/mol. The van der Waals surface area contributed by atoms with E-state index in [2.05, 4.69) is 11.1 Å². The van der Waals surface area contributed by atoms with Gasteiger partial charge >= 0.3 is 0 Å². The second-order valence-electron chi connectivity index (χ2n) is 4.65. The largest absolute Gasteiger partial charge is 0.241 e. The van der Waals surface area contributed by atoms with E-state index in [4.69, 9.17) is 11.6 Å². The standard InChI is InChI=1S/C17H11ClN2S2/c1-11-10-21-17(20-11)12(9-19)8-13-6-7-16(22-13)14-4-2-3-5-15(14)18/h2-8,10H,1H3/b12-8+. The van der Waals surface area contributed by atoms with Crippen LogP contribution in [-0.4, -0.2) is 4.98 Å². The van der Waals surface area contributed by atoms with Crippen molar-refractivity contribution >= 4 is 45.9 Å². The lowest BCUT2D eigenvalue weighted by molar-refractivity contribution is 1.25. The molecular formula is C17H11ClN2S2. The summed E-state index contributed by atoms with van der Waals surface area (Å²) in [5.74, 6) is 0. The number of allylic oxidation sites excluding steroid dienone is 1. The molecule has 108 valence electrons. The Labute approximate surface area is 142 Å². The summed E-state index contributed by atoms with van der Waals surface area (Å²) in [6.45, 7) is 1.93. The Kier molecular flexibility index (Phi) is 4.39. The Balaban J connectivity index is 1.96. The number of aromatic nitrogens is 1. The molecule has 2 aromatic heterocycles. The SMILES string of the molecule is Cc1csc(/C(C#N)=C/c2ccc(-c3ccccc3Cl)s2)n1. The van der Waals surface area contributed by atoms with E-state index in [-0.39, 0.29) is 0 Å². The Morgan fingerprint density at radius 1 is 1.27 bits per heavy atom. The van der Waals surface area contributed by atoms with Crippen molar-refractivity contribution in [3.63, 3.8) is 0 Å². The third kappa shape index (κ3) is 3.12. The van der Waals surface area contributed by atoms with Gasteiger partial charge < -0.3 is 0 Å². The lowest BCUT2D eigenvalue weighted by Crippen LogP contribution is -1.79. The zero-order valence-electron chi connectivity index (χ0n) is 11.7. The summed E-state index contributed by atoms with van der Waals surface area (Å²) in [5, 5.41) is 12.8. The highest BCUT2D eigenvalue weighted by atomic mass is 35.5. The molecule has 0 bridgehead atoms. The molecule has 0 N–H and O–H groups in total. The first kappa shape index (κ1) is 15.0. The summed E-state index contributed by atoms with van der Waals surface area (Å²) >= 11 is 9.33. The van der Waals surface area contributed by atoms with Crippen LogP contribution in [0.25, 0.3) is 22.1 Å². The molecule has 1 aromatic carbocycles. The fraction of sp³-hybridized carbons (Fsp3) is 0.0588. The van der Waals surface area contributed by atoms with E-state index in [0.29, 0.717) is 5.57 Å². The normalized spacial score (nSPS) is 11.4. The molecule has 0 aliphatic rings. The number of thiazole rings is 1. The molecule has 22 heavy (non-hydrogen) atoms. The minimum atomic E-state index is 0.589. The molecule has 3 rings (SSSR count). The fourth-order valence-electron chi connectivity index (χ4n) is 2.00. The van der Waals surface area contributed by atoms with Crippen LogP contribution in [0, 0.1) is 18.3 Å². The number of benzene rings is 1. The summed E-state index contributed by atoms with van der Waals surface area (Å²) in [6, 6.07) is 14.0. The number of nitriles is 1. The average Bonchev–Trinajstić information content (AvgIpc) is 3.14. The Hall–Kier alpha value is -1.93. The van der Waals surface area contributed by atoms with E-state index < -0.39 is 0 Å². The first-order valence-electron chi connectivity index (χ1n) is 6.56. The van der Waals surface area contributed by atoms with Gasteiger partial charge in [0, 0.05) is 31.4 Å². The third-order valence-corrected chi connectivity index (χ3v) is 5.41. The van der Waals surface area contributed by atoms with Crippen LogP contribution in [0.15, 0.2) is 41.8 Å². The molecule has 3 aromatic rings. The summed E-state index contributed by atoms with van der Waals surface area (Å²) in [7, 11) is 0. The molecular weight excluding hydrogens is 332 g/mol. The van der Waals surface area contributed by atoms with E-state index >= 15 is 0 Å². The molecule has 0 unspecified atom stereocenters. The molecule has 0 saturated carbocycles. The smallest absolute Gasteiger partial charge is 0.134 e. The maximum Gasteiger partial charge on any atom is 0.134 e. The number of hydrogen-bond donors (Lipinski definition) is 0. The van der Waals surface area contributed by atoms with Crippen molar-refractivity contribution in [2.75, 3.05) is 0 Å². The molecule has 0 spiro atoms.